The van der Waals surface area contributed by atoms with Crippen LogP contribution in [-0.2, 0) is 22.7 Å². The minimum atomic E-state index is -0.807. The molecule has 9 nitrogen and oxygen atoms in total. The first-order valence-corrected chi connectivity index (χ1v) is 14.8. The van der Waals surface area contributed by atoms with Crippen molar-refractivity contribution >= 4 is 29.3 Å². The van der Waals surface area contributed by atoms with Crippen LogP contribution >= 0.6 is 11.6 Å². The van der Waals surface area contributed by atoms with Crippen molar-refractivity contribution in [3.8, 4) is 11.4 Å². The van der Waals surface area contributed by atoms with Crippen LogP contribution in [0.3, 0.4) is 0 Å². The number of fused-ring (bicyclic) bond motifs is 1. The fourth-order valence-corrected chi connectivity index (χ4v) is 6.59. The molecule has 1 aromatic heterocycles. The average Bonchev–Trinajstić information content (AvgIpc) is 3.32. The number of hydrogen-bond donors (Lipinski definition) is 1. The van der Waals surface area contributed by atoms with Crippen LogP contribution in [-0.4, -0.2) is 88.3 Å². The van der Waals surface area contributed by atoms with Gasteiger partial charge in [-0.05, 0) is 62.9 Å². The van der Waals surface area contributed by atoms with Gasteiger partial charge in [-0.2, -0.15) is 0 Å². The number of carbonyl (C=O) groups excluding carboxylic acids is 3. The molecule has 0 bridgehead atoms. The van der Waals surface area contributed by atoms with Gasteiger partial charge in [0.1, 0.15) is 17.7 Å². The van der Waals surface area contributed by atoms with E-state index >= 15 is 0 Å². The molecule has 3 aliphatic rings. The van der Waals surface area contributed by atoms with Crippen LogP contribution in [0.2, 0.25) is 5.02 Å². The van der Waals surface area contributed by atoms with Crippen LogP contribution in [0.15, 0.2) is 18.2 Å². The van der Waals surface area contributed by atoms with E-state index in [4.69, 9.17) is 11.6 Å². The highest BCUT2D eigenvalue weighted by atomic mass is 35.5. The number of nitrogens with zero attached hydrogens (tertiary/aromatic N) is 5. The van der Waals surface area contributed by atoms with E-state index < -0.39 is 23.2 Å². The molecule has 1 N–H and O–H groups in total. The van der Waals surface area contributed by atoms with Crippen molar-refractivity contribution in [2.45, 2.75) is 65.6 Å². The van der Waals surface area contributed by atoms with E-state index in [9.17, 15) is 18.8 Å². The Hall–Kier alpha value is -2.98. The van der Waals surface area contributed by atoms with Crippen molar-refractivity contribution in [2.24, 2.45) is 10.8 Å². The van der Waals surface area contributed by atoms with Crippen LogP contribution in [0.5, 0.6) is 0 Å². The Kier molecular flexibility index (Phi) is 7.93. The summed E-state index contributed by atoms with van der Waals surface area (Å²) in [6.07, 6.45) is 2.89. The van der Waals surface area contributed by atoms with Gasteiger partial charge in [0.2, 0.25) is 11.8 Å². The summed E-state index contributed by atoms with van der Waals surface area (Å²) in [6.45, 7) is 9.32. The molecule has 0 unspecified atom stereocenters. The highest BCUT2D eigenvalue weighted by Crippen LogP contribution is 2.41. The Labute approximate surface area is 246 Å². The number of likely N-dealkylation sites (tertiary alicyclic amines) is 2. The lowest BCUT2D eigenvalue weighted by Gasteiger charge is -2.41. The summed E-state index contributed by atoms with van der Waals surface area (Å²) < 4.78 is 16.9. The monoisotopic (exact) mass is 586 g/mol. The van der Waals surface area contributed by atoms with Crippen LogP contribution in [0.1, 0.15) is 62.6 Å². The van der Waals surface area contributed by atoms with Crippen molar-refractivity contribution in [1.29, 1.82) is 0 Å². The zero-order chi connectivity index (χ0) is 29.7. The van der Waals surface area contributed by atoms with Gasteiger partial charge < -0.3 is 24.6 Å². The van der Waals surface area contributed by atoms with Gasteiger partial charge >= 0.3 is 0 Å². The lowest BCUT2D eigenvalue weighted by molar-refractivity contribution is -0.144. The molecule has 1 atom stereocenters. The van der Waals surface area contributed by atoms with E-state index in [-0.39, 0.29) is 28.5 Å². The van der Waals surface area contributed by atoms with Crippen LogP contribution in [0, 0.1) is 16.6 Å². The van der Waals surface area contributed by atoms with Crippen molar-refractivity contribution in [3.63, 3.8) is 0 Å². The minimum Gasteiger partial charge on any atom is -0.345 e. The Morgan fingerprint density at radius 1 is 1.07 bits per heavy atom. The summed E-state index contributed by atoms with van der Waals surface area (Å²) in [6, 6.07) is 3.51. The maximum Gasteiger partial charge on any atom is 0.272 e. The van der Waals surface area contributed by atoms with Gasteiger partial charge in [-0.15, -0.1) is 0 Å². The van der Waals surface area contributed by atoms with E-state index in [1.165, 1.54) is 18.2 Å². The molecule has 0 saturated carbocycles. The molecule has 1 spiro atoms. The highest BCUT2D eigenvalue weighted by molar-refractivity contribution is 6.30. The third-order valence-electron chi connectivity index (χ3n) is 8.94. The second-order valence-corrected chi connectivity index (χ2v) is 13.4. The summed E-state index contributed by atoms with van der Waals surface area (Å²) in [5.74, 6) is -0.575. The van der Waals surface area contributed by atoms with Gasteiger partial charge in [0.25, 0.3) is 5.91 Å². The van der Waals surface area contributed by atoms with Gasteiger partial charge in [0, 0.05) is 44.8 Å². The third-order valence-corrected chi connectivity index (χ3v) is 9.18. The standard InChI is InChI=1S/C30H40ClFN6O3/c1-29(2,3)24(27(40)37-15-10-30(11-16-37)9-14-36(5)28(30)41)34-26(39)23-22-18-35(4)12-6-13-38(22)25(33-23)20-17-19(31)7-8-21(20)32/h7-8,17,24H,6,9-16,18H2,1-5H3,(H,34,39)/t24-/m1/s1. The SMILES string of the molecule is CN1CCCn2c(-c3cc(Cl)ccc3F)nc(C(=O)N[C@H](C(=O)N3CCC4(CCN(C)C4=O)CC3)C(C)(C)C)c2C1. The normalized spacial score (nSPS) is 20.2. The summed E-state index contributed by atoms with van der Waals surface area (Å²) in [7, 11) is 3.81. The molecule has 11 heteroatoms. The molecule has 2 saturated heterocycles. The first kappa shape index (κ1) is 29.5. The number of amides is 3. The van der Waals surface area contributed by atoms with Crippen molar-refractivity contribution in [1.82, 2.24) is 29.6 Å². The van der Waals surface area contributed by atoms with Crippen LogP contribution in [0.25, 0.3) is 11.4 Å². The highest BCUT2D eigenvalue weighted by Gasteiger charge is 2.48. The molecule has 4 heterocycles. The second-order valence-electron chi connectivity index (χ2n) is 13.0. The number of nitrogens with one attached hydrogen (secondary N) is 1. The largest absolute Gasteiger partial charge is 0.345 e. The topological polar surface area (TPSA) is 90.8 Å². The molecule has 3 aliphatic heterocycles. The van der Waals surface area contributed by atoms with E-state index in [0.717, 1.165) is 25.9 Å². The fourth-order valence-electron chi connectivity index (χ4n) is 6.42. The molecule has 2 aromatic rings. The Balaban J connectivity index is 1.42. The molecule has 41 heavy (non-hydrogen) atoms. The lowest BCUT2D eigenvalue weighted by atomic mass is 9.76. The summed E-state index contributed by atoms with van der Waals surface area (Å²) in [4.78, 5) is 50.9. The quantitative estimate of drug-likeness (QED) is 0.589. The Morgan fingerprint density at radius 2 is 1.76 bits per heavy atom. The minimum absolute atomic E-state index is 0.164. The van der Waals surface area contributed by atoms with Gasteiger partial charge in [-0.25, -0.2) is 9.37 Å². The number of halogens is 2. The van der Waals surface area contributed by atoms with Crippen molar-refractivity contribution < 1.29 is 18.8 Å². The molecule has 1 aromatic carbocycles. The predicted octanol–water partition coefficient (Wildman–Crippen LogP) is 3.79. The van der Waals surface area contributed by atoms with E-state index in [2.05, 4.69) is 15.2 Å². The zero-order valence-corrected chi connectivity index (χ0v) is 25.4. The number of aromatic nitrogens is 2. The second kappa shape index (κ2) is 11.0. The molecule has 222 valence electrons. The van der Waals surface area contributed by atoms with Gasteiger partial charge in [-0.1, -0.05) is 32.4 Å². The van der Waals surface area contributed by atoms with E-state index in [1.807, 2.05) is 39.4 Å². The number of carbonyl (C=O) groups is 3. The number of piperidine rings is 1. The number of benzene rings is 1. The molecule has 5 rings (SSSR count). The number of hydrogen-bond acceptors (Lipinski definition) is 5. The number of imidazole rings is 1. The maximum absolute atomic E-state index is 15.0. The molecule has 2 fully saturated rings. The average molecular weight is 587 g/mol. The maximum atomic E-state index is 15.0. The summed E-state index contributed by atoms with van der Waals surface area (Å²) in [5.41, 5.74) is 0.145. The first-order chi connectivity index (χ1) is 19.3. The van der Waals surface area contributed by atoms with Gasteiger partial charge in [0.15, 0.2) is 5.69 Å². The van der Waals surface area contributed by atoms with E-state index in [0.29, 0.717) is 55.6 Å². The van der Waals surface area contributed by atoms with Crippen molar-refractivity contribution in [3.05, 3.63) is 40.4 Å². The predicted molar refractivity (Wildman–Crippen MR) is 155 cm³/mol. The smallest absolute Gasteiger partial charge is 0.272 e. The van der Waals surface area contributed by atoms with Gasteiger partial charge in [0.05, 0.1) is 16.7 Å². The number of rotatable bonds is 4. The first-order valence-electron chi connectivity index (χ1n) is 14.4. The third kappa shape index (κ3) is 5.60. The molecule has 0 radical (unpaired) electrons. The Morgan fingerprint density at radius 3 is 2.39 bits per heavy atom. The summed E-state index contributed by atoms with van der Waals surface area (Å²) >= 11 is 6.20. The van der Waals surface area contributed by atoms with Gasteiger partial charge in [-0.3, -0.25) is 14.4 Å². The fraction of sp³-hybridized carbons (Fsp3) is 0.600. The zero-order valence-electron chi connectivity index (χ0n) is 24.6. The van der Waals surface area contributed by atoms with E-state index in [1.54, 1.807) is 9.80 Å². The lowest BCUT2D eigenvalue weighted by Crippen LogP contribution is -2.57. The van der Waals surface area contributed by atoms with Crippen LogP contribution < -0.4 is 5.32 Å². The summed E-state index contributed by atoms with van der Waals surface area (Å²) in [5, 5.41) is 3.38. The van der Waals surface area contributed by atoms with Crippen molar-refractivity contribution in [2.75, 3.05) is 40.3 Å². The Bertz CT molecular complexity index is 1360. The molecular weight excluding hydrogens is 547 g/mol. The molecule has 3 amide bonds. The molecular formula is C30H40ClFN6O3. The van der Waals surface area contributed by atoms with Crippen LogP contribution in [0.4, 0.5) is 4.39 Å². The molecule has 0 aliphatic carbocycles.